The summed E-state index contributed by atoms with van der Waals surface area (Å²) in [5.41, 5.74) is 0. The predicted molar refractivity (Wildman–Crippen MR) is 71.6 cm³/mol. The van der Waals surface area contributed by atoms with Crippen molar-refractivity contribution in [2.24, 2.45) is 4.99 Å². The molecular formula is C12H21N5O2. The lowest BCUT2D eigenvalue weighted by Gasteiger charge is -2.36. The zero-order valence-electron chi connectivity index (χ0n) is 11.8. The first-order valence-electron chi connectivity index (χ1n) is 6.64. The van der Waals surface area contributed by atoms with Crippen molar-refractivity contribution in [1.29, 1.82) is 0 Å². The number of hydrogen-bond donors (Lipinski definition) is 2. The van der Waals surface area contributed by atoms with Crippen LogP contribution in [0.3, 0.4) is 0 Å². The molecule has 2 heterocycles. The number of amides is 3. The van der Waals surface area contributed by atoms with Crippen LogP contribution in [0, 0.1) is 0 Å². The zero-order chi connectivity index (χ0) is 14.2. The number of guanidine groups is 1. The quantitative estimate of drug-likeness (QED) is 0.751. The Kier molecular flexibility index (Phi) is 3.64. The van der Waals surface area contributed by atoms with Gasteiger partial charge in [0.05, 0.1) is 0 Å². The Morgan fingerprint density at radius 3 is 2.63 bits per heavy atom. The van der Waals surface area contributed by atoms with Gasteiger partial charge in [-0.05, 0) is 20.3 Å². The number of likely N-dealkylation sites (N-methyl/N-ethyl adjacent to an activating group) is 1. The molecule has 106 valence electrons. The highest BCUT2D eigenvalue weighted by molar-refractivity contribution is 6.04. The summed E-state index contributed by atoms with van der Waals surface area (Å²) in [7, 11) is 1.67. The zero-order valence-corrected chi connectivity index (χ0v) is 11.8. The molecule has 2 rings (SSSR count). The van der Waals surface area contributed by atoms with Gasteiger partial charge in [0.15, 0.2) is 12.0 Å². The highest BCUT2D eigenvalue weighted by Crippen LogP contribution is 2.22. The molecule has 2 atom stereocenters. The van der Waals surface area contributed by atoms with Crippen molar-refractivity contribution in [1.82, 2.24) is 20.4 Å². The third-order valence-electron chi connectivity index (χ3n) is 3.40. The molecule has 0 bridgehead atoms. The SMILES string of the molecule is CCCN=C1NC2C(C(=O)NC(=O)N2C)N1C(C)C. The average molecular weight is 267 g/mol. The van der Waals surface area contributed by atoms with E-state index >= 15 is 0 Å². The first-order chi connectivity index (χ1) is 8.97. The Balaban J connectivity index is 2.33. The fourth-order valence-corrected chi connectivity index (χ4v) is 2.45. The van der Waals surface area contributed by atoms with E-state index in [1.165, 1.54) is 4.90 Å². The van der Waals surface area contributed by atoms with Crippen LogP contribution in [0.4, 0.5) is 4.79 Å². The van der Waals surface area contributed by atoms with Gasteiger partial charge in [-0.2, -0.15) is 0 Å². The van der Waals surface area contributed by atoms with E-state index < -0.39 is 6.04 Å². The number of carbonyl (C=O) groups excluding carboxylic acids is 2. The van der Waals surface area contributed by atoms with Crippen LogP contribution in [0.25, 0.3) is 0 Å². The van der Waals surface area contributed by atoms with Crippen molar-refractivity contribution in [3.8, 4) is 0 Å². The number of carbonyl (C=O) groups is 2. The number of nitrogens with zero attached hydrogens (tertiary/aromatic N) is 3. The van der Waals surface area contributed by atoms with Crippen LogP contribution in [-0.2, 0) is 4.79 Å². The third-order valence-corrected chi connectivity index (χ3v) is 3.40. The van der Waals surface area contributed by atoms with Gasteiger partial charge in [-0.1, -0.05) is 6.92 Å². The number of imide groups is 1. The first-order valence-corrected chi connectivity index (χ1v) is 6.64. The molecule has 0 saturated carbocycles. The van der Waals surface area contributed by atoms with Gasteiger partial charge in [0.2, 0.25) is 0 Å². The number of nitrogens with one attached hydrogen (secondary N) is 2. The lowest BCUT2D eigenvalue weighted by atomic mass is 10.1. The van der Waals surface area contributed by atoms with E-state index in [9.17, 15) is 9.59 Å². The summed E-state index contributed by atoms with van der Waals surface area (Å²) in [6.45, 7) is 6.77. The predicted octanol–water partition coefficient (Wildman–Crippen LogP) is -0.0577. The Hall–Kier alpha value is -1.79. The Labute approximate surface area is 113 Å². The van der Waals surface area contributed by atoms with Gasteiger partial charge in [0.25, 0.3) is 5.91 Å². The molecule has 0 aliphatic carbocycles. The lowest BCUT2D eigenvalue weighted by molar-refractivity contribution is -0.127. The molecule has 19 heavy (non-hydrogen) atoms. The van der Waals surface area contributed by atoms with Crippen molar-refractivity contribution < 1.29 is 9.59 Å². The van der Waals surface area contributed by atoms with Crippen molar-refractivity contribution in [3.05, 3.63) is 0 Å². The molecule has 0 radical (unpaired) electrons. The number of aliphatic imine (C=N–C) groups is 1. The van der Waals surface area contributed by atoms with E-state index in [1.54, 1.807) is 7.05 Å². The van der Waals surface area contributed by atoms with Crippen LogP contribution in [0.5, 0.6) is 0 Å². The van der Waals surface area contributed by atoms with E-state index in [2.05, 4.69) is 15.6 Å². The van der Waals surface area contributed by atoms with E-state index in [-0.39, 0.29) is 24.1 Å². The highest BCUT2D eigenvalue weighted by Gasteiger charge is 2.50. The minimum Gasteiger partial charge on any atom is -0.333 e. The minimum absolute atomic E-state index is 0.130. The summed E-state index contributed by atoms with van der Waals surface area (Å²) in [5, 5.41) is 5.56. The standard InChI is InChI=1S/C12H21N5O2/c1-5-6-13-11-14-9-8(17(11)7(2)3)10(18)15-12(19)16(9)4/h7-9H,5-6H2,1-4H3,(H,13,14)(H,15,18,19). The molecule has 2 aliphatic rings. The Morgan fingerprint density at radius 1 is 1.37 bits per heavy atom. The van der Waals surface area contributed by atoms with Crippen LogP contribution in [0.2, 0.25) is 0 Å². The van der Waals surface area contributed by atoms with Crippen LogP contribution < -0.4 is 10.6 Å². The van der Waals surface area contributed by atoms with Crippen LogP contribution in [-0.4, -0.2) is 59.5 Å². The van der Waals surface area contributed by atoms with Gasteiger partial charge in [0, 0.05) is 19.6 Å². The maximum atomic E-state index is 12.1. The van der Waals surface area contributed by atoms with E-state index in [4.69, 9.17) is 0 Å². The van der Waals surface area contributed by atoms with Crippen LogP contribution in [0.1, 0.15) is 27.2 Å². The van der Waals surface area contributed by atoms with Gasteiger partial charge in [0.1, 0.15) is 6.17 Å². The second-order valence-corrected chi connectivity index (χ2v) is 5.15. The third kappa shape index (κ3) is 2.24. The second-order valence-electron chi connectivity index (χ2n) is 5.15. The lowest BCUT2D eigenvalue weighted by Crippen LogP contribution is -2.65. The molecule has 7 nitrogen and oxygen atoms in total. The fraction of sp³-hybridized carbons (Fsp3) is 0.750. The van der Waals surface area contributed by atoms with Crippen molar-refractivity contribution >= 4 is 17.9 Å². The minimum atomic E-state index is -0.418. The first kappa shape index (κ1) is 13.6. The fourth-order valence-electron chi connectivity index (χ4n) is 2.45. The van der Waals surface area contributed by atoms with Crippen molar-refractivity contribution in [2.45, 2.75) is 45.4 Å². The summed E-state index contributed by atoms with van der Waals surface area (Å²) in [5.74, 6) is 0.430. The van der Waals surface area contributed by atoms with Gasteiger partial charge < -0.3 is 15.1 Å². The molecule has 0 aromatic rings. The van der Waals surface area contributed by atoms with Crippen LogP contribution >= 0.6 is 0 Å². The number of fused-ring (bicyclic) bond motifs is 1. The molecule has 0 aromatic heterocycles. The van der Waals surface area contributed by atoms with E-state index in [0.717, 1.165) is 6.42 Å². The highest BCUT2D eigenvalue weighted by atomic mass is 16.2. The molecule has 2 aliphatic heterocycles. The molecular weight excluding hydrogens is 246 g/mol. The number of urea groups is 1. The van der Waals surface area contributed by atoms with Crippen LogP contribution in [0.15, 0.2) is 4.99 Å². The van der Waals surface area contributed by atoms with Gasteiger partial charge >= 0.3 is 6.03 Å². The number of hydrogen-bond acceptors (Lipinski definition) is 3. The molecule has 0 spiro atoms. The second kappa shape index (κ2) is 5.07. The molecule has 2 unspecified atom stereocenters. The summed E-state index contributed by atoms with van der Waals surface area (Å²) < 4.78 is 0. The molecule has 7 heteroatoms. The number of rotatable bonds is 3. The summed E-state index contributed by atoms with van der Waals surface area (Å²) in [6, 6.07) is -0.664. The van der Waals surface area contributed by atoms with Gasteiger partial charge in [-0.3, -0.25) is 15.1 Å². The average Bonchev–Trinajstić information content (AvgIpc) is 2.73. The molecule has 2 saturated heterocycles. The van der Waals surface area contributed by atoms with Crippen molar-refractivity contribution in [3.63, 3.8) is 0 Å². The molecule has 0 aromatic carbocycles. The van der Waals surface area contributed by atoms with Crippen molar-refractivity contribution in [2.75, 3.05) is 13.6 Å². The van der Waals surface area contributed by atoms with Gasteiger partial charge in [-0.25, -0.2) is 4.79 Å². The molecule has 3 amide bonds. The topological polar surface area (TPSA) is 77.0 Å². The Morgan fingerprint density at radius 2 is 2.05 bits per heavy atom. The van der Waals surface area contributed by atoms with E-state index in [1.807, 2.05) is 25.7 Å². The smallest absolute Gasteiger partial charge is 0.325 e. The largest absolute Gasteiger partial charge is 0.333 e. The monoisotopic (exact) mass is 267 g/mol. The summed E-state index contributed by atoms with van der Waals surface area (Å²) in [6.07, 6.45) is 0.590. The Bertz CT molecular complexity index is 420. The maximum absolute atomic E-state index is 12.1. The molecule has 2 N–H and O–H groups in total. The summed E-state index contributed by atoms with van der Waals surface area (Å²) in [4.78, 5) is 31.6. The van der Waals surface area contributed by atoms with E-state index in [0.29, 0.717) is 12.5 Å². The summed E-state index contributed by atoms with van der Waals surface area (Å²) >= 11 is 0. The van der Waals surface area contributed by atoms with Gasteiger partial charge in [-0.15, -0.1) is 0 Å². The normalized spacial score (nSPS) is 28.8. The maximum Gasteiger partial charge on any atom is 0.325 e. The molecule has 2 fully saturated rings.